The van der Waals surface area contributed by atoms with Gasteiger partial charge in [-0.2, -0.15) is 0 Å². The first-order chi connectivity index (χ1) is 12.4. The van der Waals surface area contributed by atoms with Gasteiger partial charge in [0.15, 0.2) is 0 Å². The summed E-state index contributed by atoms with van der Waals surface area (Å²) in [4.78, 5) is 24.3. The number of carbonyl (C=O) groups is 2. The number of halogens is 1. The highest BCUT2D eigenvalue weighted by Crippen LogP contribution is 2.36. The van der Waals surface area contributed by atoms with Gasteiger partial charge in [0.1, 0.15) is 5.82 Å². The quantitative estimate of drug-likeness (QED) is 0.878. The molecular weight excluding hydrogens is 337 g/mol. The summed E-state index contributed by atoms with van der Waals surface area (Å²) < 4.78 is 18.7. The first-order valence-electron chi connectivity index (χ1n) is 8.41. The van der Waals surface area contributed by atoms with Gasteiger partial charge >= 0.3 is 5.97 Å². The van der Waals surface area contributed by atoms with Crippen LogP contribution in [0.3, 0.4) is 0 Å². The van der Waals surface area contributed by atoms with E-state index in [1.54, 1.807) is 31.2 Å². The molecule has 1 heterocycles. The highest BCUT2D eigenvalue weighted by atomic mass is 19.1. The molecule has 26 heavy (non-hydrogen) atoms. The Morgan fingerprint density at radius 2 is 1.77 bits per heavy atom. The summed E-state index contributed by atoms with van der Waals surface area (Å²) in [6.45, 7) is 2.58. The van der Waals surface area contributed by atoms with E-state index in [-0.39, 0.29) is 17.3 Å². The van der Waals surface area contributed by atoms with Gasteiger partial charge in [0.05, 0.1) is 11.0 Å². The van der Waals surface area contributed by atoms with Crippen molar-refractivity contribution in [2.24, 2.45) is 0 Å². The molecule has 2 aromatic rings. The zero-order chi connectivity index (χ0) is 18.7. The van der Waals surface area contributed by atoms with E-state index in [1.165, 1.54) is 18.2 Å². The van der Waals surface area contributed by atoms with Crippen molar-refractivity contribution in [2.75, 3.05) is 18.5 Å². The average molecular weight is 357 g/mol. The number of carbonyl (C=O) groups excluding carboxylic acids is 1. The van der Waals surface area contributed by atoms with Crippen LogP contribution in [0.2, 0.25) is 0 Å². The molecule has 0 radical (unpaired) electrons. The molecule has 1 saturated heterocycles. The Morgan fingerprint density at radius 3 is 2.35 bits per heavy atom. The lowest BCUT2D eigenvalue weighted by Gasteiger charge is -2.36. The summed E-state index contributed by atoms with van der Waals surface area (Å²) in [5.41, 5.74) is 1.25. The molecule has 6 heteroatoms. The highest BCUT2D eigenvalue weighted by Gasteiger charge is 2.41. The normalized spacial score (nSPS) is 16.1. The van der Waals surface area contributed by atoms with Gasteiger partial charge in [-0.15, -0.1) is 0 Å². The molecule has 1 aliphatic rings. The molecular formula is C20H20FNO4. The highest BCUT2D eigenvalue weighted by molar-refractivity contribution is 6.00. The van der Waals surface area contributed by atoms with Gasteiger partial charge in [-0.25, -0.2) is 9.18 Å². The minimum atomic E-state index is -1.01. The van der Waals surface area contributed by atoms with E-state index in [0.717, 1.165) is 5.56 Å². The number of carboxylic acids is 1. The van der Waals surface area contributed by atoms with Crippen LogP contribution < -0.4 is 5.32 Å². The standard InChI is InChI=1S/C20H20FNO4/c1-13-12-16(6-7-17(13)18(23)24)22-19(25)20(8-10-26-11-9-20)14-2-4-15(21)5-3-14/h2-7,12H,8-11H2,1H3,(H,22,25)(H,23,24). The molecule has 0 atom stereocenters. The maximum atomic E-state index is 13.3. The number of rotatable bonds is 4. The monoisotopic (exact) mass is 357 g/mol. The fourth-order valence-corrected chi connectivity index (χ4v) is 3.37. The molecule has 2 aromatic carbocycles. The lowest BCUT2D eigenvalue weighted by atomic mass is 9.73. The third kappa shape index (κ3) is 3.46. The van der Waals surface area contributed by atoms with E-state index in [1.807, 2.05) is 0 Å². The van der Waals surface area contributed by atoms with Gasteiger partial charge in [0.2, 0.25) is 5.91 Å². The first kappa shape index (κ1) is 18.1. The topological polar surface area (TPSA) is 75.6 Å². The van der Waals surface area contributed by atoms with E-state index in [2.05, 4.69) is 5.32 Å². The van der Waals surface area contributed by atoms with Gasteiger partial charge in [0, 0.05) is 18.9 Å². The van der Waals surface area contributed by atoms with Crippen molar-refractivity contribution in [3.63, 3.8) is 0 Å². The molecule has 0 saturated carbocycles. The van der Waals surface area contributed by atoms with Crippen LogP contribution >= 0.6 is 0 Å². The fraction of sp³-hybridized carbons (Fsp3) is 0.300. The summed E-state index contributed by atoms with van der Waals surface area (Å²) in [7, 11) is 0. The molecule has 0 unspecified atom stereocenters. The smallest absolute Gasteiger partial charge is 0.335 e. The van der Waals surface area contributed by atoms with Crippen LogP contribution in [-0.2, 0) is 14.9 Å². The Labute approximate surface area is 150 Å². The minimum absolute atomic E-state index is 0.197. The summed E-state index contributed by atoms with van der Waals surface area (Å²) in [5, 5.41) is 12.0. The zero-order valence-electron chi connectivity index (χ0n) is 14.4. The zero-order valence-corrected chi connectivity index (χ0v) is 14.4. The lowest BCUT2D eigenvalue weighted by Crippen LogP contribution is -2.44. The molecule has 0 aromatic heterocycles. The largest absolute Gasteiger partial charge is 0.478 e. The average Bonchev–Trinajstić information content (AvgIpc) is 2.62. The molecule has 1 fully saturated rings. The number of hydrogen-bond donors (Lipinski definition) is 2. The molecule has 0 spiro atoms. The van der Waals surface area contributed by atoms with Gasteiger partial charge in [-0.1, -0.05) is 12.1 Å². The number of nitrogens with one attached hydrogen (secondary N) is 1. The maximum absolute atomic E-state index is 13.3. The lowest BCUT2D eigenvalue weighted by molar-refractivity contribution is -0.125. The maximum Gasteiger partial charge on any atom is 0.335 e. The molecule has 5 nitrogen and oxygen atoms in total. The predicted octanol–water partition coefficient (Wildman–Crippen LogP) is 3.52. The van der Waals surface area contributed by atoms with E-state index in [4.69, 9.17) is 9.84 Å². The Bertz CT molecular complexity index is 826. The van der Waals surface area contributed by atoms with Crippen LogP contribution in [0.1, 0.15) is 34.3 Å². The first-order valence-corrected chi connectivity index (χ1v) is 8.41. The van der Waals surface area contributed by atoms with Crippen LogP contribution in [0, 0.1) is 12.7 Å². The van der Waals surface area contributed by atoms with Crippen LogP contribution in [0.5, 0.6) is 0 Å². The molecule has 1 amide bonds. The number of aryl methyl sites for hydroxylation is 1. The Kier molecular flexibility index (Phi) is 5.04. The predicted molar refractivity (Wildman–Crippen MR) is 94.9 cm³/mol. The van der Waals surface area contributed by atoms with Crippen LogP contribution in [0.25, 0.3) is 0 Å². The fourth-order valence-electron chi connectivity index (χ4n) is 3.37. The molecule has 1 aliphatic heterocycles. The van der Waals surface area contributed by atoms with E-state index in [9.17, 15) is 14.0 Å². The van der Waals surface area contributed by atoms with Crippen molar-refractivity contribution in [1.82, 2.24) is 0 Å². The van der Waals surface area contributed by atoms with Crippen LogP contribution in [0.15, 0.2) is 42.5 Å². The second-order valence-corrected chi connectivity index (χ2v) is 6.49. The SMILES string of the molecule is Cc1cc(NC(=O)C2(c3ccc(F)cc3)CCOCC2)ccc1C(=O)O. The van der Waals surface area contributed by atoms with E-state index < -0.39 is 11.4 Å². The van der Waals surface area contributed by atoms with Gasteiger partial charge < -0.3 is 15.2 Å². The van der Waals surface area contributed by atoms with Crippen LogP contribution in [0.4, 0.5) is 10.1 Å². The van der Waals surface area contributed by atoms with Crippen molar-refractivity contribution in [3.8, 4) is 0 Å². The van der Waals surface area contributed by atoms with E-state index in [0.29, 0.717) is 37.3 Å². The second kappa shape index (κ2) is 7.25. The van der Waals surface area contributed by atoms with Gasteiger partial charge in [0.25, 0.3) is 0 Å². The van der Waals surface area contributed by atoms with Crippen molar-refractivity contribution in [1.29, 1.82) is 0 Å². The molecule has 2 N–H and O–H groups in total. The van der Waals surface area contributed by atoms with Crippen molar-refractivity contribution >= 4 is 17.6 Å². The molecule has 136 valence electrons. The minimum Gasteiger partial charge on any atom is -0.478 e. The number of aromatic carboxylic acids is 1. The molecule has 0 bridgehead atoms. The second-order valence-electron chi connectivity index (χ2n) is 6.49. The number of anilines is 1. The van der Waals surface area contributed by atoms with Gasteiger partial charge in [-0.05, 0) is 61.2 Å². The molecule has 0 aliphatic carbocycles. The van der Waals surface area contributed by atoms with E-state index >= 15 is 0 Å². The third-order valence-corrected chi connectivity index (χ3v) is 4.89. The van der Waals surface area contributed by atoms with Crippen molar-refractivity contribution in [3.05, 3.63) is 65.0 Å². The Hall–Kier alpha value is -2.73. The summed E-state index contributed by atoms with van der Waals surface area (Å²) in [6, 6.07) is 10.7. The number of carboxylic acid groups (broad SMARTS) is 1. The third-order valence-electron chi connectivity index (χ3n) is 4.89. The number of benzene rings is 2. The summed E-state index contributed by atoms with van der Waals surface area (Å²) in [6.07, 6.45) is 0.993. The van der Waals surface area contributed by atoms with Crippen molar-refractivity contribution < 1.29 is 23.8 Å². The number of ether oxygens (including phenoxy) is 1. The number of hydrogen-bond acceptors (Lipinski definition) is 3. The number of amides is 1. The Balaban J connectivity index is 1.90. The summed E-state index contributed by atoms with van der Waals surface area (Å²) >= 11 is 0. The van der Waals surface area contributed by atoms with Crippen molar-refractivity contribution in [2.45, 2.75) is 25.2 Å². The molecule has 3 rings (SSSR count). The van der Waals surface area contributed by atoms with Gasteiger partial charge in [-0.3, -0.25) is 4.79 Å². The summed E-state index contributed by atoms with van der Waals surface area (Å²) in [5.74, 6) is -1.56. The van der Waals surface area contributed by atoms with Crippen LogP contribution in [-0.4, -0.2) is 30.2 Å². The Morgan fingerprint density at radius 1 is 1.12 bits per heavy atom.